The molecule has 0 saturated carbocycles. The van der Waals surface area contributed by atoms with E-state index in [-0.39, 0.29) is 11.7 Å². The van der Waals surface area contributed by atoms with E-state index in [0.29, 0.717) is 41.8 Å². The fourth-order valence-corrected chi connectivity index (χ4v) is 5.13. The molecule has 0 amide bonds. The quantitative estimate of drug-likeness (QED) is 0.622. The highest BCUT2D eigenvalue weighted by Gasteiger charge is 2.43. The van der Waals surface area contributed by atoms with Gasteiger partial charge in [0, 0.05) is 5.92 Å². The summed E-state index contributed by atoms with van der Waals surface area (Å²) < 4.78 is 17.9. The Morgan fingerprint density at radius 3 is 2.55 bits per heavy atom. The Kier molecular flexibility index (Phi) is 6.05. The predicted molar refractivity (Wildman–Crippen MR) is 118 cm³/mol. The number of allylic oxidation sites excluding steroid dienone is 1. The van der Waals surface area contributed by atoms with Crippen molar-refractivity contribution in [2.45, 2.75) is 33.5 Å². The first-order valence-electron chi connectivity index (χ1n) is 10.8. The molecule has 5 atom stereocenters. The third-order valence-corrected chi connectivity index (χ3v) is 6.87. The zero-order valence-electron chi connectivity index (χ0n) is 18.5. The smallest absolute Gasteiger partial charge is 0.335 e. The molecule has 0 unspecified atom stereocenters. The monoisotopic (exact) mass is 422 g/mol. The average Bonchev–Trinajstić information content (AvgIpc) is 2.76. The molecule has 5 heteroatoms. The van der Waals surface area contributed by atoms with Crippen molar-refractivity contribution in [2.24, 2.45) is 23.7 Å². The van der Waals surface area contributed by atoms with E-state index >= 15 is 0 Å². The van der Waals surface area contributed by atoms with Gasteiger partial charge in [0.25, 0.3) is 0 Å². The van der Waals surface area contributed by atoms with E-state index in [4.69, 9.17) is 19.3 Å². The van der Waals surface area contributed by atoms with Crippen molar-refractivity contribution in [3.8, 4) is 11.5 Å². The summed E-state index contributed by atoms with van der Waals surface area (Å²) in [5.41, 5.74) is 3.66. The third-order valence-electron chi connectivity index (χ3n) is 6.87. The molecule has 4 rings (SSSR count). The summed E-state index contributed by atoms with van der Waals surface area (Å²) in [4.78, 5) is 11.0. The van der Waals surface area contributed by atoms with Crippen LogP contribution in [-0.2, 0) is 11.3 Å². The van der Waals surface area contributed by atoms with Gasteiger partial charge in [0.05, 0.1) is 25.4 Å². The molecule has 2 bridgehead atoms. The molecule has 31 heavy (non-hydrogen) atoms. The highest BCUT2D eigenvalue weighted by atomic mass is 16.5. The maximum Gasteiger partial charge on any atom is 0.335 e. The van der Waals surface area contributed by atoms with Gasteiger partial charge < -0.3 is 19.3 Å². The van der Waals surface area contributed by atoms with Gasteiger partial charge in [0.2, 0.25) is 0 Å². The van der Waals surface area contributed by atoms with Gasteiger partial charge in [-0.1, -0.05) is 43.7 Å². The Morgan fingerprint density at radius 2 is 1.87 bits per heavy atom. The summed E-state index contributed by atoms with van der Waals surface area (Å²) in [5, 5.41) is 9.02. The second-order valence-corrected chi connectivity index (χ2v) is 8.77. The van der Waals surface area contributed by atoms with E-state index in [1.165, 1.54) is 5.57 Å². The van der Waals surface area contributed by atoms with Gasteiger partial charge in [-0.25, -0.2) is 4.79 Å². The lowest BCUT2D eigenvalue weighted by Crippen LogP contribution is -2.42. The maximum atomic E-state index is 11.0. The lowest BCUT2D eigenvalue weighted by atomic mass is 9.64. The summed E-state index contributed by atoms with van der Waals surface area (Å²) in [6, 6.07) is 12.7. The molecular weight excluding hydrogens is 392 g/mol. The normalized spacial score (nSPS) is 27.4. The molecule has 1 aliphatic heterocycles. The second-order valence-electron chi connectivity index (χ2n) is 8.77. The largest absolute Gasteiger partial charge is 0.493 e. The SMILES string of the molecule is COc1cc([C@@H]2OC[C@H]3[C@H](C)[C@@H]2C(C)=C[C@@H]3C)ccc1OCc1ccc(C(=O)O)cc1. The second kappa shape index (κ2) is 8.75. The Morgan fingerprint density at radius 1 is 1.13 bits per heavy atom. The third kappa shape index (κ3) is 4.19. The molecule has 1 aliphatic carbocycles. The number of benzene rings is 2. The van der Waals surface area contributed by atoms with Crippen molar-refractivity contribution in [3.63, 3.8) is 0 Å². The van der Waals surface area contributed by atoms with Gasteiger partial charge in [0.15, 0.2) is 11.5 Å². The van der Waals surface area contributed by atoms with Crippen molar-refractivity contribution in [2.75, 3.05) is 13.7 Å². The van der Waals surface area contributed by atoms with Crippen LogP contribution in [0.25, 0.3) is 0 Å². The number of aromatic carboxylic acids is 1. The molecule has 5 nitrogen and oxygen atoms in total. The van der Waals surface area contributed by atoms with E-state index in [0.717, 1.165) is 17.7 Å². The van der Waals surface area contributed by atoms with Gasteiger partial charge in [-0.2, -0.15) is 0 Å². The Balaban J connectivity index is 1.52. The standard InChI is InChI=1S/C26H30O5/c1-15-11-16(2)24-17(3)21(15)14-31-25(24)20-9-10-22(23(12-20)29-4)30-13-18-5-7-19(8-6-18)26(27)28/h5-12,15,17,21,24-25H,13-14H2,1-4H3,(H,27,28)/t15-,17-,21+,24-,25-/m0/s1. The van der Waals surface area contributed by atoms with Crippen molar-refractivity contribution >= 4 is 5.97 Å². The van der Waals surface area contributed by atoms with Gasteiger partial charge in [-0.05, 0) is 60.1 Å². The molecule has 1 saturated heterocycles. The first-order chi connectivity index (χ1) is 14.9. The average molecular weight is 423 g/mol. The topological polar surface area (TPSA) is 65.0 Å². The Bertz CT molecular complexity index is 978. The Hall–Kier alpha value is -2.79. The maximum absolute atomic E-state index is 11.0. The van der Waals surface area contributed by atoms with Crippen LogP contribution in [-0.4, -0.2) is 24.8 Å². The van der Waals surface area contributed by atoms with Crippen molar-refractivity contribution in [1.29, 1.82) is 0 Å². The highest BCUT2D eigenvalue weighted by Crippen LogP contribution is 2.50. The number of rotatable bonds is 6. The number of ether oxygens (including phenoxy) is 3. The van der Waals surface area contributed by atoms with Crippen LogP contribution in [0.4, 0.5) is 0 Å². The first kappa shape index (κ1) is 21.4. The molecule has 2 aromatic rings. The zero-order chi connectivity index (χ0) is 22.1. The van der Waals surface area contributed by atoms with E-state index in [1.54, 1.807) is 31.4 Å². The molecule has 0 radical (unpaired) electrons. The fraction of sp³-hybridized carbons (Fsp3) is 0.423. The Labute approximate surface area is 183 Å². The fourth-order valence-electron chi connectivity index (χ4n) is 5.13. The molecule has 2 aliphatic rings. The highest BCUT2D eigenvalue weighted by molar-refractivity contribution is 5.87. The molecule has 1 fully saturated rings. The lowest BCUT2D eigenvalue weighted by Gasteiger charge is -2.47. The van der Waals surface area contributed by atoms with Crippen LogP contribution in [0.3, 0.4) is 0 Å². The number of fused-ring (bicyclic) bond motifs is 2. The first-order valence-corrected chi connectivity index (χ1v) is 10.8. The number of carboxylic acid groups (broad SMARTS) is 1. The number of hydrogen-bond donors (Lipinski definition) is 1. The summed E-state index contributed by atoms with van der Waals surface area (Å²) in [7, 11) is 1.64. The van der Waals surface area contributed by atoms with Gasteiger partial charge in [0.1, 0.15) is 6.61 Å². The van der Waals surface area contributed by atoms with Crippen LogP contribution in [0.5, 0.6) is 11.5 Å². The van der Waals surface area contributed by atoms with E-state index in [9.17, 15) is 4.79 Å². The number of methoxy groups -OCH3 is 1. The van der Waals surface area contributed by atoms with Crippen LogP contribution >= 0.6 is 0 Å². The van der Waals surface area contributed by atoms with Crippen molar-refractivity contribution in [3.05, 3.63) is 70.8 Å². The van der Waals surface area contributed by atoms with Gasteiger partial charge in [-0.15, -0.1) is 0 Å². The number of carboxylic acids is 1. The number of carbonyl (C=O) groups is 1. The molecule has 164 valence electrons. The molecule has 0 spiro atoms. The van der Waals surface area contributed by atoms with E-state index in [1.807, 2.05) is 12.1 Å². The lowest BCUT2D eigenvalue weighted by molar-refractivity contribution is -0.0935. The minimum Gasteiger partial charge on any atom is -0.493 e. The van der Waals surface area contributed by atoms with E-state index in [2.05, 4.69) is 32.9 Å². The van der Waals surface area contributed by atoms with Crippen LogP contribution < -0.4 is 9.47 Å². The molecule has 1 N–H and O–H groups in total. The molecule has 0 aromatic heterocycles. The van der Waals surface area contributed by atoms with Crippen molar-refractivity contribution < 1.29 is 24.1 Å². The minimum atomic E-state index is -0.937. The van der Waals surface area contributed by atoms with Crippen LogP contribution in [0, 0.1) is 23.7 Å². The molecule has 2 aromatic carbocycles. The number of hydrogen-bond acceptors (Lipinski definition) is 4. The molecule has 1 heterocycles. The zero-order valence-corrected chi connectivity index (χ0v) is 18.5. The van der Waals surface area contributed by atoms with Crippen LogP contribution in [0.1, 0.15) is 48.4 Å². The minimum absolute atomic E-state index is 0.0153. The van der Waals surface area contributed by atoms with Crippen LogP contribution in [0.15, 0.2) is 54.1 Å². The van der Waals surface area contributed by atoms with E-state index < -0.39 is 5.97 Å². The predicted octanol–water partition coefficient (Wildman–Crippen LogP) is 5.51. The van der Waals surface area contributed by atoms with Crippen LogP contribution in [0.2, 0.25) is 0 Å². The summed E-state index contributed by atoms with van der Waals surface area (Å²) >= 11 is 0. The molecular formula is C26H30O5. The summed E-state index contributed by atoms with van der Waals surface area (Å²) in [6.45, 7) is 7.97. The van der Waals surface area contributed by atoms with Crippen molar-refractivity contribution in [1.82, 2.24) is 0 Å². The summed E-state index contributed by atoms with van der Waals surface area (Å²) in [5.74, 6) is 2.47. The van der Waals surface area contributed by atoms with Gasteiger partial charge >= 0.3 is 5.97 Å². The summed E-state index contributed by atoms with van der Waals surface area (Å²) in [6.07, 6.45) is 2.43. The van der Waals surface area contributed by atoms with Gasteiger partial charge in [-0.3, -0.25) is 0 Å².